The first-order valence-electron chi connectivity index (χ1n) is 8.49. The van der Waals surface area contributed by atoms with E-state index in [0.717, 1.165) is 16.3 Å². The molecule has 0 spiro atoms. The molecule has 0 aromatic heterocycles. The molecule has 0 heterocycles. The van der Waals surface area contributed by atoms with Gasteiger partial charge in [-0.05, 0) is 47.5 Å². The first-order chi connectivity index (χ1) is 13.1. The van der Waals surface area contributed by atoms with Crippen molar-refractivity contribution in [1.29, 1.82) is 0 Å². The Bertz CT molecular complexity index is 956. The van der Waals surface area contributed by atoms with Crippen molar-refractivity contribution < 1.29 is 19.1 Å². The lowest BCUT2D eigenvalue weighted by Gasteiger charge is -2.10. The normalized spacial score (nSPS) is 10.3. The number of aryl methyl sites for hydroxylation is 1. The molecule has 27 heavy (non-hydrogen) atoms. The Hall–Kier alpha value is -3.54. The molecule has 0 aliphatic carbocycles. The van der Waals surface area contributed by atoms with Crippen molar-refractivity contribution in [3.8, 4) is 11.5 Å². The SMILES string of the molecule is Cc1cccc(OCC(=O)NNC(=O)COc2ccc3ccccc3c2)c1. The number of carbonyl (C=O) groups is 2. The number of nitrogens with one attached hydrogen (secondary N) is 2. The van der Waals surface area contributed by atoms with Gasteiger partial charge in [0.05, 0.1) is 0 Å². The summed E-state index contributed by atoms with van der Waals surface area (Å²) in [6.07, 6.45) is 0. The number of hydrogen-bond acceptors (Lipinski definition) is 4. The Morgan fingerprint density at radius 1 is 0.741 bits per heavy atom. The van der Waals surface area contributed by atoms with Crippen molar-refractivity contribution in [2.45, 2.75) is 6.92 Å². The van der Waals surface area contributed by atoms with Crippen LogP contribution in [0.4, 0.5) is 0 Å². The molecule has 0 aliphatic rings. The van der Waals surface area contributed by atoms with Gasteiger partial charge in [-0.3, -0.25) is 20.4 Å². The third kappa shape index (κ3) is 5.47. The molecule has 0 radical (unpaired) electrons. The molecule has 2 N–H and O–H groups in total. The molecular formula is C21H20N2O4. The zero-order valence-electron chi connectivity index (χ0n) is 14.9. The van der Waals surface area contributed by atoms with E-state index in [1.165, 1.54) is 0 Å². The average molecular weight is 364 g/mol. The van der Waals surface area contributed by atoms with Gasteiger partial charge in [-0.25, -0.2) is 0 Å². The molecule has 3 aromatic rings. The maximum atomic E-state index is 11.8. The zero-order chi connectivity index (χ0) is 19.1. The fraction of sp³-hybridized carbons (Fsp3) is 0.143. The van der Waals surface area contributed by atoms with Crippen LogP contribution in [0.2, 0.25) is 0 Å². The monoisotopic (exact) mass is 364 g/mol. The summed E-state index contributed by atoms with van der Waals surface area (Å²) in [6, 6.07) is 20.8. The van der Waals surface area contributed by atoms with Crippen LogP contribution in [0.15, 0.2) is 66.7 Å². The summed E-state index contributed by atoms with van der Waals surface area (Å²) in [5, 5.41) is 2.12. The van der Waals surface area contributed by atoms with Gasteiger partial charge in [0.25, 0.3) is 11.8 Å². The van der Waals surface area contributed by atoms with Gasteiger partial charge in [-0.1, -0.05) is 42.5 Å². The van der Waals surface area contributed by atoms with E-state index >= 15 is 0 Å². The molecule has 0 aliphatic heterocycles. The molecule has 6 heteroatoms. The van der Waals surface area contributed by atoms with E-state index in [-0.39, 0.29) is 13.2 Å². The Labute approximate surface area is 157 Å². The van der Waals surface area contributed by atoms with E-state index in [2.05, 4.69) is 10.9 Å². The summed E-state index contributed by atoms with van der Waals surface area (Å²) in [7, 11) is 0. The lowest BCUT2D eigenvalue weighted by atomic mass is 10.1. The van der Waals surface area contributed by atoms with Gasteiger partial charge >= 0.3 is 0 Å². The van der Waals surface area contributed by atoms with Crippen LogP contribution >= 0.6 is 0 Å². The molecule has 0 saturated carbocycles. The van der Waals surface area contributed by atoms with Gasteiger partial charge in [0.15, 0.2) is 13.2 Å². The first-order valence-corrected chi connectivity index (χ1v) is 8.49. The third-order valence-electron chi connectivity index (χ3n) is 3.79. The number of fused-ring (bicyclic) bond motifs is 1. The number of benzene rings is 3. The molecule has 3 aromatic carbocycles. The molecular weight excluding hydrogens is 344 g/mol. The van der Waals surface area contributed by atoms with E-state index < -0.39 is 11.8 Å². The van der Waals surface area contributed by atoms with Crippen molar-refractivity contribution >= 4 is 22.6 Å². The van der Waals surface area contributed by atoms with Crippen molar-refractivity contribution in [3.63, 3.8) is 0 Å². The third-order valence-corrected chi connectivity index (χ3v) is 3.79. The van der Waals surface area contributed by atoms with E-state index in [9.17, 15) is 9.59 Å². The predicted molar refractivity (Wildman–Crippen MR) is 102 cm³/mol. The summed E-state index contributed by atoms with van der Waals surface area (Å²) in [5.74, 6) is 0.247. The second-order valence-electron chi connectivity index (χ2n) is 6.00. The number of rotatable bonds is 6. The van der Waals surface area contributed by atoms with Gasteiger partial charge in [0.1, 0.15) is 11.5 Å². The predicted octanol–water partition coefficient (Wildman–Crippen LogP) is 2.75. The number of amides is 2. The highest BCUT2D eigenvalue weighted by atomic mass is 16.5. The minimum atomic E-state index is -0.466. The standard InChI is InChI=1S/C21H20N2O4/c1-15-5-4-8-18(11-15)26-13-20(24)22-23-21(25)14-27-19-10-9-16-6-2-3-7-17(16)12-19/h2-12H,13-14H2,1H3,(H,22,24)(H,23,25). The van der Waals surface area contributed by atoms with Crippen molar-refractivity contribution in [1.82, 2.24) is 10.9 Å². The molecule has 138 valence electrons. The molecule has 6 nitrogen and oxygen atoms in total. The van der Waals surface area contributed by atoms with Crippen LogP contribution in [0, 0.1) is 6.92 Å². The summed E-state index contributed by atoms with van der Waals surface area (Å²) in [4.78, 5) is 23.5. The van der Waals surface area contributed by atoms with Crippen LogP contribution in [0.3, 0.4) is 0 Å². The number of carbonyl (C=O) groups excluding carboxylic acids is 2. The average Bonchev–Trinajstić information content (AvgIpc) is 2.69. The second kappa shape index (κ2) is 8.71. The smallest absolute Gasteiger partial charge is 0.276 e. The van der Waals surface area contributed by atoms with Gasteiger partial charge < -0.3 is 9.47 Å². The minimum absolute atomic E-state index is 0.199. The first kappa shape index (κ1) is 18.3. The van der Waals surface area contributed by atoms with Crippen LogP contribution in [-0.4, -0.2) is 25.0 Å². The lowest BCUT2D eigenvalue weighted by Crippen LogP contribution is -2.45. The fourth-order valence-corrected chi connectivity index (χ4v) is 2.47. The Balaban J connectivity index is 1.40. The molecule has 0 bridgehead atoms. The van der Waals surface area contributed by atoms with Gasteiger partial charge in [-0.15, -0.1) is 0 Å². The molecule has 0 fully saturated rings. The minimum Gasteiger partial charge on any atom is -0.484 e. The van der Waals surface area contributed by atoms with Crippen LogP contribution < -0.4 is 20.3 Å². The van der Waals surface area contributed by atoms with Crippen molar-refractivity contribution in [2.24, 2.45) is 0 Å². The molecule has 0 unspecified atom stereocenters. The Kier molecular flexibility index (Phi) is 5.89. The summed E-state index contributed by atoms with van der Waals surface area (Å²) < 4.78 is 10.8. The molecule has 0 saturated heterocycles. The number of hydrogen-bond donors (Lipinski definition) is 2. The summed E-state index contributed by atoms with van der Waals surface area (Å²) in [6.45, 7) is 1.52. The lowest BCUT2D eigenvalue weighted by molar-refractivity contribution is -0.131. The highest BCUT2D eigenvalue weighted by molar-refractivity contribution is 5.85. The quantitative estimate of drug-likeness (QED) is 0.660. The second-order valence-corrected chi connectivity index (χ2v) is 6.00. The van der Waals surface area contributed by atoms with Crippen LogP contribution in [0.25, 0.3) is 10.8 Å². The number of hydrazine groups is 1. The summed E-state index contributed by atoms with van der Waals surface area (Å²) in [5.41, 5.74) is 5.62. The highest BCUT2D eigenvalue weighted by Gasteiger charge is 2.07. The summed E-state index contributed by atoms with van der Waals surface area (Å²) >= 11 is 0. The van der Waals surface area contributed by atoms with E-state index in [0.29, 0.717) is 11.5 Å². The topological polar surface area (TPSA) is 76.7 Å². The van der Waals surface area contributed by atoms with Gasteiger partial charge in [-0.2, -0.15) is 0 Å². The maximum Gasteiger partial charge on any atom is 0.276 e. The number of ether oxygens (including phenoxy) is 2. The largest absolute Gasteiger partial charge is 0.484 e. The van der Waals surface area contributed by atoms with Crippen LogP contribution in [0.1, 0.15) is 5.56 Å². The van der Waals surface area contributed by atoms with Crippen molar-refractivity contribution in [3.05, 3.63) is 72.3 Å². The zero-order valence-corrected chi connectivity index (χ0v) is 14.9. The molecule has 2 amide bonds. The Morgan fingerprint density at radius 2 is 1.37 bits per heavy atom. The fourth-order valence-electron chi connectivity index (χ4n) is 2.47. The molecule has 3 rings (SSSR count). The Morgan fingerprint density at radius 3 is 2.04 bits per heavy atom. The van der Waals surface area contributed by atoms with E-state index in [1.807, 2.05) is 61.5 Å². The van der Waals surface area contributed by atoms with Gasteiger partial charge in [0, 0.05) is 0 Å². The van der Waals surface area contributed by atoms with Crippen LogP contribution in [0.5, 0.6) is 11.5 Å². The van der Waals surface area contributed by atoms with E-state index in [1.54, 1.807) is 12.1 Å². The highest BCUT2D eigenvalue weighted by Crippen LogP contribution is 2.20. The maximum absolute atomic E-state index is 11.8. The van der Waals surface area contributed by atoms with E-state index in [4.69, 9.17) is 9.47 Å². The van der Waals surface area contributed by atoms with Gasteiger partial charge in [0.2, 0.25) is 0 Å². The van der Waals surface area contributed by atoms with Crippen LogP contribution in [-0.2, 0) is 9.59 Å². The molecule has 0 atom stereocenters. The van der Waals surface area contributed by atoms with Crippen molar-refractivity contribution in [2.75, 3.05) is 13.2 Å².